The van der Waals surface area contributed by atoms with Crippen molar-refractivity contribution in [2.75, 3.05) is 43.4 Å². The molecule has 0 spiro atoms. The van der Waals surface area contributed by atoms with Gasteiger partial charge in [-0.15, -0.1) is 5.10 Å². The highest BCUT2D eigenvalue weighted by Gasteiger charge is 2.24. The van der Waals surface area contributed by atoms with Crippen LogP contribution >= 0.6 is 0 Å². The lowest BCUT2D eigenvalue weighted by atomic mass is 10.2. The molecule has 208 valence electrons. The quantitative estimate of drug-likeness (QED) is 0.291. The predicted molar refractivity (Wildman–Crippen MR) is 139 cm³/mol. The van der Waals surface area contributed by atoms with Gasteiger partial charge in [0.2, 0.25) is 11.8 Å². The number of rotatable bonds is 8. The van der Waals surface area contributed by atoms with Gasteiger partial charge in [-0.05, 0) is 19.1 Å². The van der Waals surface area contributed by atoms with Gasteiger partial charge in [-0.3, -0.25) is 4.90 Å². The Labute approximate surface area is 225 Å². The monoisotopic (exact) mass is 553 g/mol. The van der Waals surface area contributed by atoms with Gasteiger partial charge in [0.1, 0.15) is 5.82 Å². The fraction of sp³-hybridized carbons (Fsp3) is 0.320. The average molecular weight is 554 g/mol. The van der Waals surface area contributed by atoms with Crippen molar-refractivity contribution in [2.45, 2.75) is 19.6 Å². The molecule has 1 aliphatic rings. The summed E-state index contributed by atoms with van der Waals surface area (Å²) < 4.78 is 42.6. The van der Waals surface area contributed by atoms with Gasteiger partial charge in [-0.1, -0.05) is 0 Å². The molecule has 0 aliphatic carbocycles. The molecule has 4 aromatic heterocycles. The molecule has 13 nitrogen and oxygen atoms in total. The summed E-state index contributed by atoms with van der Waals surface area (Å²) in [5.41, 5.74) is 7.44. The Morgan fingerprint density at radius 2 is 1.95 bits per heavy atom. The lowest BCUT2D eigenvalue weighted by Crippen LogP contribution is -2.47. The Kier molecular flexibility index (Phi) is 6.42. The molecule has 15 heteroatoms. The number of halogens is 2. The third kappa shape index (κ3) is 4.64. The molecule has 40 heavy (non-hydrogen) atoms. The zero-order valence-electron chi connectivity index (χ0n) is 21.4. The van der Waals surface area contributed by atoms with Crippen molar-refractivity contribution in [1.29, 1.82) is 0 Å². The molecule has 0 unspecified atom stereocenters. The van der Waals surface area contributed by atoms with Crippen LogP contribution in [-0.2, 0) is 11.3 Å². The number of hydrogen-bond donors (Lipinski definition) is 2. The molecule has 0 saturated carbocycles. The topological polar surface area (TPSA) is 153 Å². The summed E-state index contributed by atoms with van der Waals surface area (Å²) in [5.74, 6) is -2.15. The van der Waals surface area contributed by atoms with E-state index in [1.807, 2.05) is 0 Å². The van der Waals surface area contributed by atoms with Gasteiger partial charge < -0.3 is 24.9 Å². The smallest absolute Gasteiger partial charge is 0.344 e. The van der Waals surface area contributed by atoms with Crippen LogP contribution in [0.15, 0.2) is 41.1 Å². The first-order chi connectivity index (χ1) is 19.3. The lowest BCUT2D eigenvalue weighted by molar-refractivity contribution is -0.144. The van der Waals surface area contributed by atoms with Gasteiger partial charge in [0.15, 0.2) is 34.7 Å². The molecule has 1 fully saturated rings. The Hall–Kier alpha value is -4.79. The van der Waals surface area contributed by atoms with E-state index >= 15 is 0 Å². The number of piperazine rings is 1. The summed E-state index contributed by atoms with van der Waals surface area (Å²) in [4.78, 5) is 24.1. The molecule has 1 atom stereocenters. The van der Waals surface area contributed by atoms with Crippen LogP contribution in [0.1, 0.15) is 6.92 Å². The SMILES string of the molecule is C[C@H](Oc1cc(N2CCN(CCn3ncc4c3nc(N)n3nc(-c5ccco5)nc43)CC2)c(F)cc1F)C(=O)O. The van der Waals surface area contributed by atoms with E-state index in [9.17, 15) is 13.6 Å². The van der Waals surface area contributed by atoms with Crippen molar-refractivity contribution in [3.63, 3.8) is 0 Å². The third-order valence-electron chi connectivity index (χ3n) is 6.83. The number of anilines is 2. The number of furan rings is 1. The first-order valence-corrected chi connectivity index (χ1v) is 12.6. The number of nitrogens with zero attached hydrogens (tertiary/aromatic N) is 8. The average Bonchev–Trinajstić information content (AvgIpc) is 3.69. The first-order valence-electron chi connectivity index (χ1n) is 12.6. The third-order valence-corrected chi connectivity index (χ3v) is 6.83. The molecule has 1 saturated heterocycles. The second kappa shape index (κ2) is 10.1. The molecule has 6 rings (SSSR count). The van der Waals surface area contributed by atoms with E-state index in [4.69, 9.17) is 20.0 Å². The van der Waals surface area contributed by atoms with E-state index in [1.54, 1.807) is 34.2 Å². The summed E-state index contributed by atoms with van der Waals surface area (Å²) in [7, 11) is 0. The maximum absolute atomic E-state index is 14.6. The van der Waals surface area contributed by atoms with E-state index < -0.39 is 23.7 Å². The maximum atomic E-state index is 14.6. The number of carboxylic acids is 1. The van der Waals surface area contributed by atoms with E-state index in [-0.39, 0.29) is 17.4 Å². The molecule has 1 aliphatic heterocycles. The van der Waals surface area contributed by atoms with Crippen LogP contribution in [0.4, 0.5) is 20.4 Å². The van der Waals surface area contributed by atoms with Gasteiger partial charge in [-0.25, -0.2) is 23.2 Å². The van der Waals surface area contributed by atoms with Crippen LogP contribution in [0.2, 0.25) is 0 Å². The van der Waals surface area contributed by atoms with E-state index in [0.29, 0.717) is 67.5 Å². The van der Waals surface area contributed by atoms with Gasteiger partial charge >= 0.3 is 5.97 Å². The number of carboxylic acid groups (broad SMARTS) is 1. The molecule has 3 N–H and O–H groups in total. The Morgan fingerprint density at radius 1 is 1.15 bits per heavy atom. The molecule has 0 amide bonds. The van der Waals surface area contributed by atoms with Gasteiger partial charge in [0.05, 0.1) is 30.1 Å². The minimum Gasteiger partial charge on any atom is -0.479 e. The highest BCUT2D eigenvalue weighted by atomic mass is 19.1. The van der Waals surface area contributed by atoms with Crippen molar-refractivity contribution in [3.05, 3.63) is 48.4 Å². The molecule has 5 heterocycles. The predicted octanol–water partition coefficient (Wildman–Crippen LogP) is 2.27. The number of aromatic nitrogens is 6. The number of fused-ring (bicyclic) bond motifs is 3. The number of ether oxygens (including phenoxy) is 1. The van der Waals surface area contributed by atoms with Crippen molar-refractivity contribution in [3.8, 4) is 17.3 Å². The van der Waals surface area contributed by atoms with Crippen LogP contribution in [0.25, 0.3) is 28.3 Å². The maximum Gasteiger partial charge on any atom is 0.344 e. The van der Waals surface area contributed by atoms with Crippen LogP contribution in [0, 0.1) is 11.6 Å². The number of nitrogens with two attached hydrogens (primary N) is 1. The normalized spacial score (nSPS) is 15.2. The van der Waals surface area contributed by atoms with Crippen molar-refractivity contribution in [2.24, 2.45) is 0 Å². The molecular formula is C25H25F2N9O4. The zero-order valence-corrected chi connectivity index (χ0v) is 21.4. The standard InChI is InChI=1S/C25H25F2N9O4/c1-14(24(37)38)40-20-12-18(16(26)11-17(20)27)34-7-4-33(5-8-34)6-9-35-22-15(13-29-35)23-30-21(19-3-2-10-39-19)32-36(23)25(28)31-22/h2-3,10-14H,4-9H2,1H3,(H2,28,31)(H,37,38)/t14-/m0/s1. The summed E-state index contributed by atoms with van der Waals surface area (Å²) in [6.07, 6.45) is 1.95. The second-order valence-electron chi connectivity index (χ2n) is 9.38. The number of nitrogen functional groups attached to an aromatic ring is 1. The Balaban J connectivity index is 1.13. The van der Waals surface area contributed by atoms with Crippen LogP contribution < -0.4 is 15.4 Å². The first kappa shape index (κ1) is 25.5. The van der Waals surface area contributed by atoms with Gasteiger partial charge in [0.25, 0.3) is 0 Å². The number of hydrogen-bond acceptors (Lipinski definition) is 10. The molecule has 0 radical (unpaired) electrons. The number of aliphatic carboxylic acids is 1. The highest BCUT2D eigenvalue weighted by molar-refractivity contribution is 5.90. The Bertz CT molecular complexity index is 1690. The van der Waals surface area contributed by atoms with Crippen LogP contribution in [-0.4, -0.2) is 84.2 Å². The highest BCUT2D eigenvalue weighted by Crippen LogP contribution is 2.30. The minimum atomic E-state index is -1.27. The number of benzene rings is 1. The van der Waals surface area contributed by atoms with Crippen molar-refractivity contribution >= 4 is 34.3 Å². The zero-order chi connectivity index (χ0) is 28.0. The summed E-state index contributed by atoms with van der Waals surface area (Å²) in [6.45, 7) is 4.67. The minimum absolute atomic E-state index is 0.164. The fourth-order valence-corrected chi connectivity index (χ4v) is 4.67. The van der Waals surface area contributed by atoms with Gasteiger partial charge in [-0.2, -0.15) is 14.6 Å². The van der Waals surface area contributed by atoms with Crippen LogP contribution in [0.3, 0.4) is 0 Å². The van der Waals surface area contributed by atoms with E-state index in [1.165, 1.54) is 17.5 Å². The van der Waals surface area contributed by atoms with Crippen LogP contribution in [0.5, 0.6) is 5.75 Å². The Morgan fingerprint density at radius 3 is 2.67 bits per heavy atom. The van der Waals surface area contributed by atoms with Crippen molar-refractivity contribution in [1.82, 2.24) is 34.3 Å². The summed E-state index contributed by atoms with van der Waals surface area (Å²) >= 11 is 0. The lowest BCUT2D eigenvalue weighted by Gasteiger charge is -2.36. The largest absolute Gasteiger partial charge is 0.479 e. The molecule has 0 bridgehead atoms. The summed E-state index contributed by atoms with van der Waals surface area (Å²) in [5, 5.41) is 18.6. The van der Waals surface area contributed by atoms with Gasteiger partial charge in [0, 0.05) is 44.9 Å². The summed E-state index contributed by atoms with van der Waals surface area (Å²) in [6, 6.07) is 5.45. The number of carbonyl (C=O) groups is 1. The van der Waals surface area contributed by atoms with E-state index in [0.717, 1.165) is 6.07 Å². The molecule has 5 aromatic rings. The van der Waals surface area contributed by atoms with Crippen molar-refractivity contribution < 1.29 is 27.8 Å². The fourth-order valence-electron chi connectivity index (χ4n) is 4.67. The van der Waals surface area contributed by atoms with E-state index in [2.05, 4.69) is 25.1 Å². The molecule has 1 aromatic carbocycles. The molecular weight excluding hydrogens is 528 g/mol. The second-order valence-corrected chi connectivity index (χ2v) is 9.38.